The fraction of sp³-hybridized carbons (Fsp3) is 0.632. The summed E-state index contributed by atoms with van der Waals surface area (Å²) in [5.41, 5.74) is 8.02. The number of nitrogens with zero attached hydrogens (tertiary/aromatic N) is 1. The molecule has 1 fully saturated rings. The van der Waals surface area contributed by atoms with Crippen LogP contribution in [-0.2, 0) is 17.8 Å². The number of nitrogens with two attached hydrogens (primary N) is 1. The highest BCUT2D eigenvalue weighted by Crippen LogP contribution is 2.03. The average molecular weight is 324 g/mol. The second kappa shape index (κ2) is 17.0. The number of hydrogen-bond donors (Lipinski definition) is 2. The van der Waals surface area contributed by atoms with Gasteiger partial charge in [0, 0.05) is 39.6 Å². The maximum absolute atomic E-state index is 10.7. The van der Waals surface area contributed by atoms with Crippen LogP contribution in [0.1, 0.15) is 52.7 Å². The van der Waals surface area contributed by atoms with Crippen molar-refractivity contribution in [3.05, 3.63) is 35.4 Å². The zero-order chi connectivity index (χ0) is 18.1. The Morgan fingerprint density at radius 1 is 1.04 bits per heavy atom. The van der Waals surface area contributed by atoms with Crippen molar-refractivity contribution in [2.24, 2.45) is 5.73 Å². The molecular weight excluding hydrogens is 286 g/mol. The van der Waals surface area contributed by atoms with E-state index in [1.807, 2.05) is 32.6 Å². The first kappa shape index (κ1) is 23.9. The molecule has 1 aliphatic heterocycles. The van der Waals surface area contributed by atoms with E-state index >= 15 is 0 Å². The molecule has 0 unspecified atom stereocenters. The summed E-state index contributed by atoms with van der Waals surface area (Å²) in [4.78, 5) is 12.6. The maximum Gasteiger partial charge on any atom is 0.219 e. The second-order valence-corrected chi connectivity index (χ2v) is 4.63. The molecule has 23 heavy (non-hydrogen) atoms. The van der Waals surface area contributed by atoms with E-state index in [2.05, 4.69) is 36.5 Å². The number of piperazine rings is 1. The minimum atomic E-state index is 0.191. The van der Waals surface area contributed by atoms with Crippen molar-refractivity contribution in [1.82, 2.24) is 10.2 Å². The van der Waals surface area contributed by atoms with Crippen LogP contribution >= 0.6 is 0 Å². The van der Waals surface area contributed by atoms with Crippen molar-refractivity contribution in [1.29, 1.82) is 0 Å². The maximum atomic E-state index is 10.7. The van der Waals surface area contributed by atoms with Gasteiger partial charge in [0.2, 0.25) is 5.91 Å². The van der Waals surface area contributed by atoms with Gasteiger partial charge in [0.15, 0.2) is 0 Å². The Bertz CT molecular complexity index is 348. The summed E-state index contributed by atoms with van der Waals surface area (Å²) >= 11 is 0. The van der Waals surface area contributed by atoms with Gasteiger partial charge in [0.05, 0.1) is 0 Å². The quantitative estimate of drug-likeness (QED) is 0.879. The molecule has 0 radical (unpaired) electrons. The summed E-state index contributed by atoms with van der Waals surface area (Å²) in [6, 6.07) is 8.42. The number of amides is 1. The monoisotopic (exact) mass is 323 g/mol. The third-order valence-corrected chi connectivity index (χ3v) is 3.23. The van der Waals surface area contributed by atoms with Crippen molar-refractivity contribution >= 4 is 5.91 Å². The molecule has 1 aromatic rings. The van der Waals surface area contributed by atoms with Gasteiger partial charge in [-0.05, 0) is 17.5 Å². The Kier molecular flexibility index (Phi) is 17.6. The van der Waals surface area contributed by atoms with Crippen molar-refractivity contribution in [3.8, 4) is 0 Å². The van der Waals surface area contributed by atoms with Crippen molar-refractivity contribution in [2.45, 2.75) is 54.5 Å². The SMILES string of the molecule is CC.CC.CC(=O)N1CCNCC1.CCc1ccc(CN)cc1. The summed E-state index contributed by atoms with van der Waals surface area (Å²) in [6.45, 7) is 16.0. The van der Waals surface area contributed by atoms with Crippen LogP contribution in [0, 0.1) is 0 Å². The molecular formula is C19H37N3O. The molecule has 2 rings (SSSR count). The lowest BCUT2D eigenvalue weighted by Crippen LogP contribution is -2.45. The van der Waals surface area contributed by atoms with Crippen LogP contribution in [0.25, 0.3) is 0 Å². The minimum absolute atomic E-state index is 0.191. The molecule has 4 nitrogen and oxygen atoms in total. The number of carbonyl (C=O) groups excluding carboxylic acids is 1. The number of rotatable bonds is 2. The van der Waals surface area contributed by atoms with Gasteiger partial charge >= 0.3 is 0 Å². The first-order valence-corrected chi connectivity index (χ1v) is 8.91. The second-order valence-electron chi connectivity index (χ2n) is 4.63. The van der Waals surface area contributed by atoms with Crippen LogP contribution < -0.4 is 11.1 Å². The third-order valence-electron chi connectivity index (χ3n) is 3.23. The molecule has 1 amide bonds. The lowest BCUT2D eigenvalue weighted by molar-refractivity contribution is -0.129. The van der Waals surface area contributed by atoms with E-state index in [1.165, 1.54) is 11.1 Å². The molecule has 1 heterocycles. The van der Waals surface area contributed by atoms with E-state index in [0.717, 1.165) is 32.6 Å². The molecule has 1 aromatic carbocycles. The number of aryl methyl sites for hydroxylation is 1. The Hall–Kier alpha value is -1.39. The number of nitrogens with one attached hydrogen (secondary N) is 1. The van der Waals surface area contributed by atoms with E-state index in [-0.39, 0.29) is 5.91 Å². The zero-order valence-corrected chi connectivity index (χ0v) is 16.0. The fourth-order valence-electron chi connectivity index (χ4n) is 1.89. The molecule has 0 aliphatic carbocycles. The largest absolute Gasteiger partial charge is 0.340 e. The number of hydrogen-bond acceptors (Lipinski definition) is 3. The van der Waals surface area contributed by atoms with Gasteiger partial charge in [-0.25, -0.2) is 0 Å². The Labute approximate surface area is 143 Å². The van der Waals surface area contributed by atoms with E-state index in [1.54, 1.807) is 6.92 Å². The Morgan fingerprint density at radius 3 is 1.78 bits per heavy atom. The van der Waals surface area contributed by atoms with E-state index in [4.69, 9.17) is 5.73 Å². The smallest absolute Gasteiger partial charge is 0.219 e. The molecule has 0 bridgehead atoms. The topological polar surface area (TPSA) is 58.4 Å². The fourth-order valence-corrected chi connectivity index (χ4v) is 1.89. The van der Waals surface area contributed by atoms with Gasteiger partial charge in [-0.3, -0.25) is 4.79 Å². The predicted molar refractivity (Wildman–Crippen MR) is 102 cm³/mol. The highest BCUT2D eigenvalue weighted by Gasteiger charge is 2.10. The molecule has 134 valence electrons. The molecule has 0 aromatic heterocycles. The molecule has 0 atom stereocenters. The minimum Gasteiger partial charge on any atom is -0.340 e. The molecule has 3 N–H and O–H groups in total. The van der Waals surface area contributed by atoms with Gasteiger partial charge in [0.1, 0.15) is 0 Å². The van der Waals surface area contributed by atoms with Gasteiger partial charge in [-0.15, -0.1) is 0 Å². The zero-order valence-electron chi connectivity index (χ0n) is 16.0. The average Bonchev–Trinajstić information content (AvgIpc) is 2.66. The van der Waals surface area contributed by atoms with Crippen LogP contribution in [0.2, 0.25) is 0 Å². The first-order chi connectivity index (χ1) is 11.2. The summed E-state index contributed by atoms with van der Waals surface area (Å²) in [6.07, 6.45) is 1.10. The standard InChI is InChI=1S/C9H13N.C6H12N2O.2C2H6/c1-2-8-3-5-9(7-10)6-4-8;1-6(9)8-4-2-7-3-5-8;2*1-2/h3-6H,2,7,10H2,1H3;7H,2-5H2,1H3;2*1-2H3. The molecule has 4 heteroatoms. The lowest BCUT2D eigenvalue weighted by Gasteiger charge is -2.25. The Balaban J connectivity index is 0. The van der Waals surface area contributed by atoms with Crippen molar-refractivity contribution < 1.29 is 4.79 Å². The summed E-state index contributed by atoms with van der Waals surface area (Å²) < 4.78 is 0. The van der Waals surface area contributed by atoms with Crippen LogP contribution in [0.5, 0.6) is 0 Å². The third kappa shape index (κ3) is 11.8. The number of benzene rings is 1. The molecule has 0 spiro atoms. The molecule has 1 aliphatic rings. The summed E-state index contributed by atoms with van der Waals surface area (Å²) in [5, 5.41) is 3.18. The van der Waals surface area contributed by atoms with Gasteiger partial charge < -0.3 is 16.0 Å². The van der Waals surface area contributed by atoms with Gasteiger partial charge in [-0.2, -0.15) is 0 Å². The normalized spacial score (nSPS) is 12.6. The Morgan fingerprint density at radius 2 is 1.48 bits per heavy atom. The number of carbonyl (C=O) groups is 1. The summed E-state index contributed by atoms with van der Waals surface area (Å²) in [5.74, 6) is 0.191. The van der Waals surface area contributed by atoms with Crippen LogP contribution in [0.3, 0.4) is 0 Å². The van der Waals surface area contributed by atoms with Crippen molar-refractivity contribution in [3.63, 3.8) is 0 Å². The van der Waals surface area contributed by atoms with Crippen molar-refractivity contribution in [2.75, 3.05) is 26.2 Å². The van der Waals surface area contributed by atoms with E-state index in [9.17, 15) is 4.79 Å². The predicted octanol–water partition coefficient (Wildman–Crippen LogP) is 3.20. The van der Waals surface area contributed by atoms with Gasteiger partial charge in [-0.1, -0.05) is 58.9 Å². The molecule has 0 saturated carbocycles. The summed E-state index contributed by atoms with van der Waals surface area (Å²) in [7, 11) is 0. The lowest BCUT2D eigenvalue weighted by atomic mass is 10.1. The van der Waals surface area contributed by atoms with Crippen LogP contribution in [-0.4, -0.2) is 37.0 Å². The van der Waals surface area contributed by atoms with E-state index < -0.39 is 0 Å². The van der Waals surface area contributed by atoms with Crippen LogP contribution in [0.15, 0.2) is 24.3 Å². The van der Waals surface area contributed by atoms with E-state index in [0.29, 0.717) is 6.54 Å². The highest BCUT2D eigenvalue weighted by atomic mass is 16.2. The van der Waals surface area contributed by atoms with Crippen LogP contribution in [0.4, 0.5) is 0 Å². The molecule has 1 saturated heterocycles. The van der Waals surface area contributed by atoms with Gasteiger partial charge in [0.25, 0.3) is 0 Å². The highest BCUT2D eigenvalue weighted by molar-refractivity contribution is 5.73. The first-order valence-electron chi connectivity index (χ1n) is 8.91.